The number of fused-ring (bicyclic) bond motifs is 1. The van der Waals surface area contributed by atoms with Gasteiger partial charge in [0, 0.05) is 50.7 Å². The highest BCUT2D eigenvalue weighted by atomic mass is 15.1. The second kappa shape index (κ2) is 8.11. The minimum Gasteiger partial charge on any atom is -0.394 e. The van der Waals surface area contributed by atoms with E-state index >= 15 is 0 Å². The van der Waals surface area contributed by atoms with E-state index in [4.69, 9.17) is 5.41 Å². The average Bonchev–Trinajstić information content (AvgIpc) is 2.66. The molecule has 0 aliphatic carbocycles. The van der Waals surface area contributed by atoms with Gasteiger partial charge in [0.15, 0.2) is 0 Å². The van der Waals surface area contributed by atoms with Gasteiger partial charge in [-0.1, -0.05) is 19.1 Å². The minimum absolute atomic E-state index is 0.403. The summed E-state index contributed by atoms with van der Waals surface area (Å²) < 4.78 is 0. The number of rotatable bonds is 5. The molecule has 2 aromatic rings. The second-order valence-corrected chi connectivity index (χ2v) is 7.10. The van der Waals surface area contributed by atoms with Crippen molar-refractivity contribution in [2.75, 3.05) is 26.7 Å². The molecule has 2 N–H and O–H groups in total. The van der Waals surface area contributed by atoms with Crippen molar-refractivity contribution in [2.45, 2.75) is 19.3 Å². The maximum absolute atomic E-state index is 9.37. The molecule has 2 heterocycles. The molecule has 2 atom stereocenters. The third kappa shape index (κ3) is 3.76. The summed E-state index contributed by atoms with van der Waals surface area (Å²) in [4.78, 5) is 6.87. The lowest BCUT2D eigenvalue weighted by atomic mass is 9.83. The Kier molecular flexibility index (Phi) is 5.65. The summed E-state index contributed by atoms with van der Waals surface area (Å²) in [7, 11) is 1.86. The predicted molar refractivity (Wildman–Crippen MR) is 105 cm³/mol. The molecule has 1 aromatic carbocycles. The zero-order valence-corrected chi connectivity index (χ0v) is 15.4. The summed E-state index contributed by atoms with van der Waals surface area (Å²) in [5.74, 6) is 0.984. The molecule has 1 saturated heterocycles. The SMILES string of the molecule is CN/C=C(\C=N)CN1CC(C)CC(c2ccc(C#N)c3ncccc23)C1. The summed E-state index contributed by atoms with van der Waals surface area (Å²) in [5, 5.41) is 21.1. The number of hydrogen-bond donors (Lipinski definition) is 2. The standard InChI is InChI=1S/C21H25N5/c1-15-8-18(14-26(12-15)13-16(9-22)11-24-2)19-6-5-17(10-23)21-20(19)4-3-7-25-21/h3-7,9,11,15,18,22,24H,8,12-14H2,1-2H3/b16-11+,22-9?. The van der Waals surface area contributed by atoms with Crippen molar-refractivity contribution in [3.05, 3.63) is 53.4 Å². The van der Waals surface area contributed by atoms with Crippen LogP contribution in [-0.2, 0) is 0 Å². The fourth-order valence-corrected chi connectivity index (χ4v) is 4.03. The fourth-order valence-electron chi connectivity index (χ4n) is 4.03. The van der Waals surface area contributed by atoms with Gasteiger partial charge in [-0.3, -0.25) is 9.88 Å². The molecule has 0 bridgehead atoms. The first kappa shape index (κ1) is 18.1. The van der Waals surface area contributed by atoms with Crippen molar-refractivity contribution < 1.29 is 0 Å². The molecule has 26 heavy (non-hydrogen) atoms. The summed E-state index contributed by atoms with van der Waals surface area (Å²) in [6.07, 6.45) is 6.19. The van der Waals surface area contributed by atoms with Gasteiger partial charge in [-0.25, -0.2) is 0 Å². The Morgan fingerprint density at radius 2 is 2.27 bits per heavy atom. The highest BCUT2D eigenvalue weighted by molar-refractivity contribution is 5.87. The van der Waals surface area contributed by atoms with Crippen LogP contribution in [0.2, 0.25) is 0 Å². The first-order valence-electron chi connectivity index (χ1n) is 9.03. The van der Waals surface area contributed by atoms with Gasteiger partial charge in [0.05, 0.1) is 11.1 Å². The monoisotopic (exact) mass is 347 g/mol. The largest absolute Gasteiger partial charge is 0.394 e. The smallest absolute Gasteiger partial charge is 0.101 e. The Balaban J connectivity index is 1.92. The zero-order chi connectivity index (χ0) is 18.5. The third-order valence-electron chi connectivity index (χ3n) is 5.02. The van der Waals surface area contributed by atoms with Gasteiger partial charge in [-0.05, 0) is 41.5 Å². The molecule has 5 heteroatoms. The van der Waals surface area contributed by atoms with Crippen molar-refractivity contribution >= 4 is 17.1 Å². The summed E-state index contributed by atoms with van der Waals surface area (Å²) in [6.45, 7) is 5.06. The molecule has 1 aromatic heterocycles. The van der Waals surface area contributed by atoms with Crippen LogP contribution >= 0.6 is 0 Å². The molecular formula is C21H25N5. The molecule has 0 spiro atoms. The number of nitrogens with one attached hydrogen (secondary N) is 2. The minimum atomic E-state index is 0.403. The number of nitriles is 1. The van der Waals surface area contributed by atoms with E-state index in [9.17, 15) is 5.26 Å². The highest BCUT2D eigenvalue weighted by Crippen LogP contribution is 2.34. The number of hydrogen-bond acceptors (Lipinski definition) is 5. The van der Waals surface area contributed by atoms with Gasteiger partial charge in [0.25, 0.3) is 0 Å². The molecule has 5 nitrogen and oxygen atoms in total. The third-order valence-corrected chi connectivity index (χ3v) is 5.02. The lowest BCUT2D eigenvalue weighted by Crippen LogP contribution is -2.40. The quantitative estimate of drug-likeness (QED) is 0.814. The number of pyridine rings is 1. The average molecular weight is 347 g/mol. The number of aromatic nitrogens is 1. The number of likely N-dealkylation sites (tertiary alicyclic amines) is 1. The Morgan fingerprint density at radius 1 is 1.42 bits per heavy atom. The summed E-state index contributed by atoms with van der Waals surface area (Å²) in [6, 6.07) is 10.3. The Hall–Kier alpha value is -2.71. The van der Waals surface area contributed by atoms with Gasteiger partial charge in [-0.2, -0.15) is 5.26 Å². The van der Waals surface area contributed by atoms with Crippen LogP contribution in [-0.4, -0.2) is 42.8 Å². The Labute approximate surface area is 154 Å². The van der Waals surface area contributed by atoms with E-state index in [1.807, 2.05) is 25.4 Å². The topological polar surface area (TPSA) is 75.8 Å². The van der Waals surface area contributed by atoms with Gasteiger partial charge in [0.1, 0.15) is 6.07 Å². The molecule has 2 unspecified atom stereocenters. The molecule has 1 aliphatic heterocycles. The van der Waals surface area contributed by atoms with Crippen molar-refractivity contribution in [1.29, 1.82) is 10.7 Å². The Morgan fingerprint density at radius 3 is 3.00 bits per heavy atom. The highest BCUT2D eigenvalue weighted by Gasteiger charge is 2.27. The van der Waals surface area contributed by atoms with Crippen LogP contribution in [0.15, 0.2) is 42.2 Å². The van der Waals surface area contributed by atoms with E-state index in [-0.39, 0.29) is 0 Å². The molecule has 1 aliphatic rings. The number of nitrogens with zero attached hydrogens (tertiary/aromatic N) is 3. The normalized spacial score (nSPS) is 21.3. The number of benzene rings is 1. The predicted octanol–water partition coefficient (Wildman–Crippen LogP) is 3.28. The van der Waals surface area contributed by atoms with Crippen molar-refractivity contribution in [2.24, 2.45) is 5.92 Å². The zero-order valence-electron chi connectivity index (χ0n) is 15.4. The van der Waals surface area contributed by atoms with Gasteiger partial charge in [0.2, 0.25) is 0 Å². The van der Waals surface area contributed by atoms with E-state index in [1.165, 1.54) is 11.8 Å². The summed E-state index contributed by atoms with van der Waals surface area (Å²) >= 11 is 0. The molecule has 0 saturated carbocycles. The first-order chi connectivity index (χ1) is 12.7. The van der Waals surface area contributed by atoms with Crippen molar-refractivity contribution in [3.8, 4) is 6.07 Å². The van der Waals surface area contributed by atoms with Crippen LogP contribution in [0.25, 0.3) is 10.9 Å². The van der Waals surface area contributed by atoms with Crippen molar-refractivity contribution in [3.63, 3.8) is 0 Å². The second-order valence-electron chi connectivity index (χ2n) is 7.10. The maximum atomic E-state index is 9.37. The van der Waals surface area contributed by atoms with Crippen LogP contribution in [0.5, 0.6) is 0 Å². The van der Waals surface area contributed by atoms with E-state index < -0.39 is 0 Å². The van der Waals surface area contributed by atoms with E-state index in [0.29, 0.717) is 17.4 Å². The Bertz CT molecular complexity index is 864. The first-order valence-corrected chi connectivity index (χ1v) is 9.03. The van der Waals surface area contributed by atoms with Crippen molar-refractivity contribution in [1.82, 2.24) is 15.2 Å². The fraction of sp³-hybridized carbons (Fsp3) is 0.381. The molecule has 1 fully saturated rings. The molecule has 0 amide bonds. The van der Waals surface area contributed by atoms with Crippen LogP contribution in [0.3, 0.4) is 0 Å². The lowest BCUT2D eigenvalue weighted by Gasteiger charge is -2.37. The van der Waals surface area contributed by atoms with Crippen LogP contribution < -0.4 is 5.32 Å². The molecular weight excluding hydrogens is 322 g/mol. The number of piperidine rings is 1. The van der Waals surface area contributed by atoms with Crippen LogP contribution in [0.1, 0.15) is 30.4 Å². The van der Waals surface area contributed by atoms with Crippen LogP contribution in [0, 0.1) is 22.7 Å². The lowest BCUT2D eigenvalue weighted by molar-refractivity contribution is 0.178. The van der Waals surface area contributed by atoms with Gasteiger partial charge < -0.3 is 10.7 Å². The molecule has 3 rings (SSSR count). The van der Waals surface area contributed by atoms with E-state index in [0.717, 1.165) is 42.5 Å². The molecule has 134 valence electrons. The van der Waals surface area contributed by atoms with Gasteiger partial charge in [-0.15, -0.1) is 0 Å². The maximum Gasteiger partial charge on any atom is 0.101 e. The van der Waals surface area contributed by atoms with Gasteiger partial charge >= 0.3 is 0 Å². The molecule has 0 radical (unpaired) electrons. The van der Waals surface area contributed by atoms with E-state index in [2.05, 4.69) is 40.3 Å². The van der Waals surface area contributed by atoms with Crippen LogP contribution in [0.4, 0.5) is 0 Å². The summed E-state index contributed by atoms with van der Waals surface area (Å²) in [5.41, 5.74) is 3.69. The van der Waals surface area contributed by atoms with E-state index in [1.54, 1.807) is 6.20 Å².